The Hall–Kier alpha value is -5.74. The highest BCUT2D eigenvalue weighted by Gasteiger charge is 2.38. The maximum Gasteiger partial charge on any atom is 0.0640 e. The smallest absolute Gasteiger partial charge is 0.0640 e. The average Bonchev–Trinajstić information content (AvgIpc) is 3.84. The molecule has 8 aromatic carbocycles. The van der Waals surface area contributed by atoms with E-state index < -0.39 is 0 Å². The SMILES string of the molecule is CC1(C)c2ccccc2-c2c(N(c3ccc(-c4ccc5sc6ccccc6c5c4)cc3)c3cccc4c3sc3c5ccccc5ccc43)cccc21. The molecule has 0 aliphatic heterocycles. The van der Waals surface area contributed by atoms with Gasteiger partial charge in [-0.05, 0) is 81.1 Å². The predicted octanol–water partition coefficient (Wildman–Crippen LogP) is 15.0. The molecule has 0 atom stereocenters. The fraction of sp³-hybridized carbons (Fsp3) is 0.0612. The van der Waals surface area contributed by atoms with E-state index in [9.17, 15) is 0 Å². The molecule has 0 bridgehead atoms. The number of fused-ring (bicyclic) bond motifs is 11. The Balaban J connectivity index is 1.14. The van der Waals surface area contributed by atoms with Gasteiger partial charge in [0.2, 0.25) is 0 Å². The van der Waals surface area contributed by atoms with Crippen molar-refractivity contribution in [3.8, 4) is 22.3 Å². The van der Waals surface area contributed by atoms with Gasteiger partial charge >= 0.3 is 0 Å². The highest BCUT2D eigenvalue weighted by atomic mass is 32.1. The monoisotopic (exact) mass is 699 g/mol. The Morgan fingerprint density at radius 1 is 0.442 bits per heavy atom. The van der Waals surface area contributed by atoms with Crippen molar-refractivity contribution in [2.24, 2.45) is 0 Å². The van der Waals surface area contributed by atoms with E-state index in [1.54, 1.807) is 0 Å². The predicted molar refractivity (Wildman–Crippen MR) is 227 cm³/mol. The van der Waals surface area contributed by atoms with Gasteiger partial charge in [-0.1, -0.05) is 135 Å². The minimum absolute atomic E-state index is 0.0928. The van der Waals surface area contributed by atoms with Crippen molar-refractivity contribution in [3.05, 3.63) is 175 Å². The number of nitrogens with zero attached hydrogens (tertiary/aromatic N) is 1. The first-order chi connectivity index (χ1) is 25.5. The van der Waals surface area contributed by atoms with E-state index in [4.69, 9.17) is 0 Å². The van der Waals surface area contributed by atoms with Crippen molar-refractivity contribution in [2.45, 2.75) is 19.3 Å². The second kappa shape index (κ2) is 11.1. The van der Waals surface area contributed by atoms with Crippen molar-refractivity contribution in [3.63, 3.8) is 0 Å². The normalized spacial score (nSPS) is 13.3. The summed E-state index contributed by atoms with van der Waals surface area (Å²) in [7, 11) is 0. The summed E-state index contributed by atoms with van der Waals surface area (Å²) in [5, 5.41) is 7.87. The number of benzene rings is 8. The minimum Gasteiger partial charge on any atom is -0.308 e. The van der Waals surface area contributed by atoms with Gasteiger partial charge < -0.3 is 4.90 Å². The summed E-state index contributed by atoms with van der Waals surface area (Å²) in [6, 6.07) is 61.0. The number of thiophene rings is 2. The minimum atomic E-state index is -0.0928. The molecule has 0 fully saturated rings. The first-order valence-electron chi connectivity index (χ1n) is 17.9. The van der Waals surface area contributed by atoms with Crippen LogP contribution in [0.1, 0.15) is 25.0 Å². The Bertz CT molecular complexity index is 3050. The third kappa shape index (κ3) is 4.27. The van der Waals surface area contributed by atoms with Crippen LogP contribution in [-0.4, -0.2) is 0 Å². The summed E-state index contributed by atoms with van der Waals surface area (Å²) in [6.07, 6.45) is 0. The van der Waals surface area contributed by atoms with Gasteiger partial charge in [-0.2, -0.15) is 0 Å². The molecular weight excluding hydrogens is 667 g/mol. The molecule has 0 radical (unpaired) electrons. The molecule has 1 aliphatic carbocycles. The van der Waals surface area contributed by atoms with E-state index in [1.165, 1.54) is 95.9 Å². The second-order valence-electron chi connectivity index (χ2n) is 14.5. The molecule has 0 spiro atoms. The van der Waals surface area contributed by atoms with Crippen LogP contribution in [0.15, 0.2) is 164 Å². The Morgan fingerprint density at radius 2 is 1.12 bits per heavy atom. The quantitative estimate of drug-likeness (QED) is 0.177. The maximum atomic E-state index is 2.52. The van der Waals surface area contributed by atoms with Gasteiger partial charge in [0.25, 0.3) is 0 Å². The summed E-state index contributed by atoms with van der Waals surface area (Å²) in [6.45, 7) is 4.73. The molecule has 1 nitrogen and oxygen atoms in total. The zero-order valence-electron chi connectivity index (χ0n) is 28.9. The average molecular weight is 700 g/mol. The summed E-state index contributed by atoms with van der Waals surface area (Å²) in [5.74, 6) is 0. The standard InChI is InChI=1S/C49H33NS2/c1-49(2)40-16-7-5-14-38(40)46-41(49)17-10-18-42(46)50(43-19-9-15-36-37-27-23-31-11-3-4-12-34(31)47(37)52-48(36)43)33-25-21-30(22-26-33)32-24-28-45-39(29-32)35-13-6-8-20-44(35)51-45/h3-29H,1-2H3. The van der Waals surface area contributed by atoms with E-state index in [0.717, 1.165) is 5.69 Å². The molecular formula is C49H33NS2. The molecule has 11 rings (SSSR count). The molecule has 52 heavy (non-hydrogen) atoms. The first-order valence-corrected chi connectivity index (χ1v) is 19.6. The lowest BCUT2D eigenvalue weighted by atomic mass is 9.82. The fourth-order valence-corrected chi connectivity index (χ4v) is 11.2. The molecule has 3 heteroatoms. The molecule has 0 unspecified atom stereocenters. The van der Waals surface area contributed by atoms with Crippen LogP contribution in [0.25, 0.3) is 73.4 Å². The molecule has 1 aliphatic rings. The van der Waals surface area contributed by atoms with Gasteiger partial charge in [-0.3, -0.25) is 0 Å². The molecule has 10 aromatic rings. The van der Waals surface area contributed by atoms with Gasteiger partial charge in [0.15, 0.2) is 0 Å². The number of rotatable bonds is 4. The molecule has 246 valence electrons. The molecule has 0 N–H and O–H groups in total. The summed E-state index contributed by atoms with van der Waals surface area (Å²) < 4.78 is 5.31. The van der Waals surface area contributed by atoms with E-state index in [0.29, 0.717) is 0 Å². The first kappa shape index (κ1) is 29.9. The molecule has 0 amide bonds. The van der Waals surface area contributed by atoms with E-state index in [2.05, 4.69) is 183 Å². The molecule has 2 heterocycles. The van der Waals surface area contributed by atoms with Gasteiger partial charge in [0.1, 0.15) is 0 Å². The van der Waals surface area contributed by atoms with Crippen LogP contribution < -0.4 is 4.90 Å². The lowest BCUT2D eigenvalue weighted by Gasteiger charge is -2.29. The fourth-order valence-electron chi connectivity index (χ4n) is 8.73. The molecule has 0 saturated heterocycles. The van der Waals surface area contributed by atoms with Crippen molar-refractivity contribution < 1.29 is 0 Å². The van der Waals surface area contributed by atoms with Crippen molar-refractivity contribution >= 4 is 90.9 Å². The number of anilines is 3. The Morgan fingerprint density at radius 3 is 2.02 bits per heavy atom. The van der Waals surface area contributed by atoms with Crippen LogP contribution in [0.2, 0.25) is 0 Å². The highest BCUT2D eigenvalue weighted by molar-refractivity contribution is 7.27. The lowest BCUT2D eigenvalue weighted by Crippen LogP contribution is -2.16. The van der Waals surface area contributed by atoms with Crippen LogP contribution in [0.5, 0.6) is 0 Å². The van der Waals surface area contributed by atoms with Gasteiger partial charge in [-0.15, -0.1) is 22.7 Å². The Kier molecular flexibility index (Phi) is 6.41. The van der Waals surface area contributed by atoms with Crippen molar-refractivity contribution in [1.82, 2.24) is 0 Å². The largest absolute Gasteiger partial charge is 0.308 e. The summed E-state index contributed by atoms with van der Waals surface area (Å²) in [5.41, 5.74) is 11.3. The van der Waals surface area contributed by atoms with Crippen LogP contribution >= 0.6 is 22.7 Å². The van der Waals surface area contributed by atoms with E-state index >= 15 is 0 Å². The van der Waals surface area contributed by atoms with Gasteiger partial charge in [0, 0.05) is 52.3 Å². The van der Waals surface area contributed by atoms with E-state index in [-0.39, 0.29) is 5.41 Å². The number of hydrogen-bond donors (Lipinski definition) is 0. The second-order valence-corrected chi connectivity index (χ2v) is 16.6. The van der Waals surface area contributed by atoms with Gasteiger partial charge in [0.05, 0.1) is 16.1 Å². The number of hydrogen-bond acceptors (Lipinski definition) is 3. The van der Waals surface area contributed by atoms with Crippen LogP contribution in [0, 0.1) is 0 Å². The van der Waals surface area contributed by atoms with Gasteiger partial charge in [-0.25, -0.2) is 0 Å². The summed E-state index contributed by atoms with van der Waals surface area (Å²) >= 11 is 3.79. The van der Waals surface area contributed by atoms with Crippen molar-refractivity contribution in [1.29, 1.82) is 0 Å². The van der Waals surface area contributed by atoms with Crippen LogP contribution in [-0.2, 0) is 5.41 Å². The lowest BCUT2D eigenvalue weighted by molar-refractivity contribution is 0.660. The van der Waals surface area contributed by atoms with Crippen LogP contribution in [0.3, 0.4) is 0 Å². The zero-order valence-corrected chi connectivity index (χ0v) is 30.5. The third-order valence-electron chi connectivity index (χ3n) is 11.3. The molecule has 0 saturated carbocycles. The maximum absolute atomic E-state index is 2.52. The summed E-state index contributed by atoms with van der Waals surface area (Å²) in [4.78, 5) is 2.52. The van der Waals surface area contributed by atoms with E-state index in [1.807, 2.05) is 22.7 Å². The third-order valence-corrected chi connectivity index (χ3v) is 13.7. The zero-order chi connectivity index (χ0) is 34.6. The Labute approximate surface area is 310 Å². The molecule has 2 aromatic heterocycles. The van der Waals surface area contributed by atoms with Crippen molar-refractivity contribution in [2.75, 3.05) is 4.90 Å². The topological polar surface area (TPSA) is 3.24 Å². The van der Waals surface area contributed by atoms with Crippen LogP contribution in [0.4, 0.5) is 17.1 Å². The highest BCUT2D eigenvalue weighted by Crippen LogP contribution is 2.55.